The fraction of sp³-hybridized carbons (Fsp3) is 0.429. The second-order valence-corrected chi connectivity index (χ2v) is 8.75. The summed E-state index contributed by atoms with van der Waals surface area (Å²) in [7, 11) is 0.249. The Kier molecular flexibility index (Phi) is 4.35. The number of benzene rings is 1. The van der Waals surface area contributed by atoms with E-state index in [0.717, 1.165) is 11.3 Å². The maximum Gasteiger partial charge on any atom is 0.191 e. The van der Waals surface area contributed by atoms with Gasteiger partial charge in [-0.3, -0.25) is 0 Å². The maximum atomic E-state index is 11.6. The van der Waals surface area contributed by atoms with E-state index in [-0.39, 0.29) is 11.5 Å². The van der Waals surface area contributed by atoms with Crippen LogP contribution in [0.4, 0.5) is 0 Å². The van der Waals surface area contributed by atoms with Crippen LogP contribution in [0, 0.1) is 0 Å². The molecule has 0 spiro atoms. The van der Waals surface area contributed by atoms with Gasteiger partial charge in [0.05, 0.1) is 30.0 Å². The molecule has 0 radical (unpaired) electrons. The van der Waals surface area contributed by atoms with Crippen LogP contribution in [0.25, 0.3) is 11.4 Å². The van der Waals surface area contributed by atoms with Crippen LogP contribution < -0.4 is 4.74 Å². The van der Waals surface area contributed by atoms with E-state index in [2.05, 4.69) is 10.2 Å². The lowest BCUT2D eigenvalue weighted by atomic mass is 10.2. The van der Waals surface area contributed by atoms with Crippen molar-refractivity contribution in [2.24, 2.45) is 7.05 Å². The van der Waals surface area contributed by atoms with E-state index >= 15 is 0 Å². The summed E-state index contributed by atoms with van der Waals surface area (Å²) in [5.74, 6) is 1.20. The van der Waals surface area contributed by atoms with Gasteiger partial charge in [0.2, 0.25) is 0 Å². The standard InChI is InChI=1S/C14H17N3O4S2/c1-17-13(9-3-5-10(21-2)6-4-9)15-16-14(17)22-12-8-23(19,20)7-11(12)18/h3-6,11-12,18H,7-8H2,1-2H3/t11-,12+/m1/s1. The highest BCUT2D eigenvalue weighted by atomic mass is 32.2. The predicted octanol–water partition coefficient (Wildman–Crippen LogP) is 0.741. The molecule has 23 heavy (non-hydrogen) atoms. The molecule has 1 aromatic carbocycles. The highest BCUT2D eigenvalue weighted by molar-refractivity contribution is 8.01. The van der Waals surface area contributed by atoms with E-state index in [9.17, 15) is 13.5 Å². The van der Waals surface area contributed by atoms with Crippen LogP contribution in [0.2, 0.25) is 0 Å². The van der Waals surface area contributed by atoms with Gasteiger partial charge < -0.3 is 14.4 Å². The van der Waals surface area contributed by atoms with E-state index < -0.39 is 21.2 Å². The molecule has 2 aromatic rings. The largest absolute Gasteiger partial charge is 0.497 e. The van der Waals surface area contributed by atoms with Crippen molar-refractivity contribution in [2.45, 2.75) is 16.5 Å². The summed E-state index contributed by atoms with van der Waals surface area (Å²) >= 11 is 1.25. The molecular weight excluding hydrogens is 338 g/mol. The van der Waals surface area contributed by atoms with Crippen LogP contribution in [0.3, 0.4) is 0 Å². The lowest BCUT2D eigenvalue weighted by Gasteiger charge is -2.11. The van der Waals surface area contributed by atoms with Gasteiger partial charge in [0.15, 0.2) is 20.8 Å². The minimum absolute atomic E-state index is 0.0381. The Bertz CT molecular complexity index is 802. The summed E-state index contributed by atoms with van der Waals surface area (Å²) in [6.45, 7) is 0. The van der Waals surface area contributed by atoms with Crippen LogP contribution in [0.15, 0.2) is 29.4 Å². The molecule has 3 rings (SSSR count). The molecule has 0 amide bonds. The van der Waals surface area contributed by atoms with Gasteiger partial charge in [0.25, 0.3) is 0 Å². The smallest absolute Gasteiger partial charge is 0.191 e. The highest BCUT2D eigenvalue weighted by Gasteiger charge is 2.38. The Morgan fingerprint density at radius 2 is 1.96 bits per heavy atom. The monoisotopic (exact) mass is 355 g/mol. The van der Waals surface area contributed by atoms with E-state index in [1.54, 1.807) is 11.7 Å². The van der Waals surface area contributed by atoms with Crippen molar-refractivity contribution in [1.82, 2.24) is 14.8 Å². The van der Waals surface area contributed by atoms with Crippen LogP contribution in [-0.4, -0.2) is 58.3 Å². The molecule has 1 aliphatic rings. The maximum absolute atomic E-state index is 11.6. The highest BCUT2D eigenvalue weighted by Crippen LogP contribution is 2.32. The summed E-state index contributed by atoms with van der Waals surface area (Å²) in [6, 6.07) is 7.44. The van der Waals surface area contributed by atoms with E-state index in [4.69, 9.17) is 4.74 Å². The average Bonchev–Trinajstić information content (AvgIpc) is 2.99. The Balaban J connectivity index is 1.82. The first-order valence-electron chi connectivity index (χ1n) is 6.98. The number of methoxy groups -OCH3 is 1. The molecule has 1 saturated heterocycles. The van der Waals surface area contributed by atoms with Crippen molar-refractivity contribution in [2.75, 3.05) is 18.6 Å². The number of aromatic nitrogens is 3. The van der Waals surface area contributed by atoms with E-state index in [1.165, 1.54) is 11.8 Å². The molecule has 1 N–H and O–H groups in total. The topological polar surface area (TPSA) is 94.3 Å². The number of aliphatic hydroxyl groups excluding tert-OH is 1. The number of hydrogen-bond donors (Lipinski definition) is 1. The first kappa shape index (κ1) is 16.3. The number of rotatable bonds is 4. The predicted molar refractivity (Wildman–Crippen MR) is 87.3 cm³/mol. The first-order valence-corrected chi connectivity index (χ1v) is 9.68. The second-order valence-electron chi connectivity index (χ2n) is 5.39. The Hall–Kier alpha value is -1.58. The van der Waals surface area contributed by atoms with E-state index in [0.29, 0.717) is 11.0 Å². The molecule has 2 heterocycles. The summed E-state index contributed by atoms with van der Waals surface area (Å²) in [5, 5.41) is 18.3. The van der Waals surface area contributed by atoms with Gasteiger partial charge in [-0.05, 0) is 24.3 Å². The Labute approximate surface area is 138 Å². The minimum atomic E-state index is -3.17. The lowest BCUT2D eigenvalue weighted by Crippen LogP contribution is -2.20. The zero-order valence-electron chi connectivity index (χ0n) is 12.7. The minimum Gasteiger partial charge on any atom is -0.497 e. The SMILES string of the molecule is COc1ccc(-c2nnc(S[C@H]3CS(=O)(=O)C[C@H]3O)n2C)cc1. The molecule has 2 atom stereocenters. The first-order chi connectivity index (χ1) is 10.9. The third-order valence-electron chi connectivity index (χ3n) is 3.71. The lowest BCUT2D eigenvalue weighted by molar-refractivity contribution is 0.207. The molecule has 0 unspecified atom stereocenters. The van der Waals surface area contributed by atoms with Crippen LogP contribution in [0.1, 0.15) is 0 Å². The number of ether oxygens (including phenoxy) is 1. The summed E-state index contributed by atoms with van der Waals surface area (Å²) in [5.41, 5.74) is 0.882. The van der Waals surface area contributed by atoms with Crippen LogP contribution >= 0.6 is 11.8 Å². The zero-order valence-corrected chi connectivity index (χ0v) is 14.3. The van der Waals surface area contributed by atoms with Gasteiger partial charge >= 0.3 is 0 Å². The summed E-state index contributed by atoms with van der Waals surface area (Å²) < 4.78 is 30.1. The van der Waals surface area contributed by atoms with Crippen molar-refractivity contribution < 1.29 is 18.3 Å². The number of nitrogens with zero attached hydrogens (tertiary/aromatic N) is 3. The normalized spacial score (nSPS) is 23.1. The molecular formula is C14H17N3O4S2. The van der Waals surface area contributed by atoms with E-state index in [1.807, 2.05) is 31.3 Å². The average molecular weight is 355 g/mol. The molecule has 0 saturated carbocycles. The quantitative estimate of drug-likeness (QED) is 0.864. The summed E-state index contributed by atoms with van der Waals surface area (Å²) in [4.78, 5) is 0. The third-order valence-corrected chi connectivity index (χ3v) is 6.99. The van der Waals surface area contributed by atoms with Crippen molar-refractivity contribution >= 4 is 21.6 Å². The molecule has 9 heteroatoms. The molecule has 1 aromatic heterocycles. The number of thioether (sulfide) groups is 1. The Morgan fingerprint density at radius 1 is 1.26 bits per heavy atom. The zero-order chi connectivity index (χ0) is 16.6. The fourth-order valence-electron chi connectivity index (χ4n) is 2.45. The van der Waals surface area contributed by atoms with Crippen molar-refractivity contribution in [3.63, 3.8) is 0 Å². The molecule has 124 valence electrons. The van der Waals surface area contributed by atoms with Gasteiger partial charge in [0, 0.05) is 12.6 Å². The van der Waals surface area contributed by atoms with Gasteiger partial charge in [0.1, 0.15) is 5.75 Å². The van der Waals surface area contributed by atoms with Crippen molar-refractivity contribution in [3.8, 4) is 17.1 Å². The molecule has 0 bridgehead atoms. The summed E-state index contributed by atoms with van der Waals surface area (Å²) in [6.07, 6.45) is -0.869. The second kappa shape index (κ2) is 6.14. The van der Waals surface area contributed by atoms with Gasteiger partial charge in [-0.15, -0.1) is 10.2 Å². The van der Waals surface area contributed by atoms with Crippen LogP contribution in [-0.2, 0) is 16.9 Å². The number of hydrogen-bond acceptors (Lipinski definition) is 7. The Morgan fingerprint density at radius 3 is 2.52 bits per heavy atom. The van der Waals surface area contributed by atoms with Crippen molar-refractivity contribution in [3.05, 3.63) is 24.3 Å². The molecule has 1 aliphatic heterocycles. The van der Waals surface area contributed by atoms with Gasteiger partial charge in [-0.1, -0.05) is 11.8 Å². The van der Waals surface area contributed by atoms with Gasteiger partial charge in [-0.2, -0.15) is 0 Å². The molecule has 7 nitrogen and oxygen atoms in total. The number of aliphatic hydroxyl groups is 1. The molecule has 0 aliphatic carbocycles. The van der Waals surface area contributed by atoms with Crippen molar-refractivity contribution in [1.29, 1.82) is 0 Å². The van der Waals surface area contributed by atoms with Gasteiger partial charge in [-0.25, -0.2) is 8.42 Å². The van der Waals surface area contributed by atoms with Crippen LogP contribution in [0.5, 0.6) is 5.75 Å². The third kappa shape index (κ3) is 3.36. The molecule has 1 fully saturated rings. The number of sulfone groups is 1. The fourth-order valence-corrected chi connectivity index (χ4v) is 5.94.